The fourth-order valence-corrected chi connectivity index (χ4v) is 1.84. The average Bonchev–Trinajstić information content (AvgIpc) is 2.37. The molecule has 0 aliphatic rings. The first kappa shape index (κ1) is 15.8. The monoisotopic (exact) mass is 274 g/mol. The fourth-order valence-electron chi connectivity index (χ4n) is 1.84. The summed E-state index contributed by atoms with van der Waals surface area (Å²) < 4.78 is 0. The Labute approximate surface area is 118 Å². The topological polar surface area (TPSA) is 71.4 Å². The normalized spacial score (nSPS) is 11.2. The van der Waals surface area contributed by atoms with E-state index in [0.717, 1.165) is 11.1 Å². The molecule has 1 rings (SSSR count). The molecule has 0 fully saturated rings. The Hall–Kier alpha value is -2.23. The van der Waals surface area contributed by atoms with Crippen LogP contribution in [0.15, 0.2) is 35.9 Å². The molecule has 0 aliphatic heterocycles. The third kappa shape index (κ3) is 5.18. The van der Waals surface area contributed by atoms with Crippen molar-refractivity contribution in [3.05, 3.63) is 47.0 Å². The van der Waals surface area contributed by atoms with E-state index < -0.39 is 5.97 Å². The van der Waals surface area contributed by atoms with Gasteiger partial charge in [0.2, 0.25) is 0 Å². The number of ketones is 2. The van der Waals surface area contributed by atoms with E-state index in [1.807, 2.05) is 24.3 Å². The Morgan fingerprint density at radius 2 is 1.60 bits per heavy atom. The smallest absolute Gasteiger partial charge is 0.307 e. The van der Waals surface area contributed by atoms with Crippen LogP contribution in [0.3, 0.4) is 0 Å². The molecule has 0 saturated carbocycles. The van der Waals surface area contributed by atoms with Gasteiger partial charge in [-0.2, -0.15) is 0 Å². The van der Waals surface area contributed by atoms with Crippen LogP contribution in [0.2, 0.25) is 0 Å². The van der Waals surface area contributed by atoms with Crippen LogP contribution in [0.5, 0.6) is 0 Å². The lowest BCUT2D eigenvalue weighted by atomic mass is 9.96. The zero-order valence-electron chi connectivity index (χ0n) is 11.7. The lowest BCUT2D eigenvalue weighted by Crippen LogP contribution is -2.09. The van der Waals surface area contributed by atoms with Crippen LogP contribution in [0.25, 0.3) is 0 Å². The molecule has 20 heavy (non-hydrogen) atoms. The van der Waals surface area contributed by atoms with Gasteiger partial charge in [-0.3, -0.25) is 14.4 Å². The number of carboxylic acid groups (broad SMARTS) is 1. The zero-order valence-corrected chi connectivity index (χ0v) is 11.7. The number of allylic oxidation sites excluding steroid dienone is 1. The van der Waals surface area contributed by atoms with Crippen molar-refractivity contribution in [3.8, 4) is 0 Å². The van der Waals surface area contributed by atoms with Gasteiger partial charge in [-0.15, -0.1) is 0 Å². The lowest BCUT2D eigenvalue weighted by molar-refractivity contribution is -0.136. The summed E-state index contributed by atoms with van der Waals surface area (Å²) in [6, 6.07) is 7.31. The maximum absolute atomic E-state index is 12.0. The Balaban J connectivity index is 2.82. The zero-order chi connectivity index (χ0) is 15.1. The molecule has 1 aromatic carbocycles. The summed E-state index contributed by atoms with van der Waals surface area (Å²) in [4.78, 5) is 33.7. The number of carbonyl (C=O) groups is 3. The predicted octanol–water partition coefficient (Wildman–Crippen LogP) is 2.35. The fraction of sp³-hybridized carbons (Fsp3) is 0.312. The first-order valence-corrected chi connectivity index (χ1v) is 6.38. The van der Waals surface area contributed by atoms with Crippen LogP contribution in [-0.4, -0.2) is 22.6 Å². The number of Topliss-reactive ketones (excluding diaryl/α,β-unsaturated/α-hetero) is 2. The van der Waals surface area contributed by atoms with Crippen molar-refractivity contribution in [1.82, 2.24) is 0 Å². The average molecular weight is 274 g/mol. The SMILES string of the molecule is CC(=O)Cc1ccccc1CC(=O)/C(C)=C\CC(=O)O. The molecular weight excluding hydrogens is 256 g/mol. The van der Waals surface area contributed by atoms with Crippen molar-refractivity contribution in [2.24, 2.45) is 0 Å². The molecule has 4 heteroatoms. The van der Waals surface area contributed by atoms with Gasteiger partial charge in [-0.25, -0.2) is 0 Å². The molecular formula is C16H18O4. The van der Waals surface area contributed by atoms with Gasteiger partial charge in [0.15, 0.2) is 5.78 Å². The largest absolute Gasteiger partial charge is 0.481 e. The van der Waals surface area contributed by atoms with Crippen LogP contribution in [-0.2, 0) is 27.2 Å². The van der Waals surface area contributed by atoms with Crippen molar-refractivity contribution in [1.29, 1.82) is 0 Å². The van der Waals surface area contributed by atoms with Crippen molar-refractivity contribution in [2.45, 2.75) is 33.1 Å². The maximum Gasteiger partial charge on any atom is 0.307 e. The molecule has 0 saturated heterocycles. The first-order chi connectivity index (χ1) is 9.40. The first-order valence-electron chi connectivity index (χ1n) is 6.38. The van der Waals surface area contributed by atoms with Crippen molar-refractivity contribution in [3.63, 3.8) is 0 Å². The molecule has 0 aromatic heterocycles. The highest BCUT2D eigenvalue weighted by Gasteiger charge is 2.11. The van der Waals surface area contributed by atoms with Gasteiger partial charge < -0.3 is 5.11 Å². The molecule has 1 aromatic rings. The summed E-state index contributed by atoms with van der Waals surface area (Å²) >= 11 is 0. The summed E-state index contributed by atoms with van der Waals surface area (Å²) in [5.74, 6) is -1.04. The van der Waals surface area contributed by atoms with Crippen LogP contribution in [0, 0.1) is 0 Å². The molecule has 0 bridgehead atoms. The highest BCUT2D eigenvalue weighted by molar-refractivity contribution is 5.97. The summed E-state index contributed by atoms with van der Waals surface area (Å²) in [6.07, 6.45) is 1.75. The number of carboxylic acids is 1. The van der Waals surface area contributed by atoms with Crippen LogP contribution < -0.4 is 0 Å². The van der Waals surface area contributed by atoms with Gasteiger partial charge in [0.25, 0.3) is 0 Å². The van der Waals surface area contributed by atoms with E-state index in [9.17, 15) is 14.4 Å². The molecule has 0 radical (unpaired) electrons. The summed E-state index contributed by atoms with van der Waals surface area (Å²) in [6.45, 7) is 3.12. The molecule has 0 aliphatic carbocycles. The van der Waals surface area contributed by atoms with Gasteiger partial charge in [-0.1, -0.05) is 30.3 Å². The second kappa shape index (κ2) is 7.38. The standard InChI is InChI=1S/C16H18O4/c1-11(7-8-16(19)20)15(18)10-14-6-4-3-5-13(14)9-12(2)17/h3-7H,8-10H2,1-2H3,(H,19,20)/b11-7-. The Kier molecular flexibility index (Phi) is 5.84. The van der Waals surface area contributed by atoms with Crippen LogP contribution in [0.1, 0.15) is 31.4 Å². The van der Waals surface area contributed by atoms with E-state index in [4.69, 9.17) is 5.11 Å². The second-order valence-electron chi connectivity index (χ2n) is 4.73. The van der Waals surface area contributed by atoms with E-state index in [1.54, 1.807) is 6.92 Å². The maximum atomic E-state index is 12.0. The molecule has 4 nitrogen and oxygen atoms in total. The van der Waals surface area contributed by atoms with E-state index in [2.05, 4.69) is 0 Å². The quantitative estimate of drug-likeness (QED) is 0.775. The van der Waals surface area contributed by atoms with Gasteiger partial charge in [0.1, 0.15) is 5.78 Å². The minimum atomic E-state index is -0.964. The van der Waals surface area contributed by atoms with Crippen molar-refractivity contribution >= 4 is 17.5 Å². The molecule has 0 heterocycles. The number of hydrogen-bond acceptors (Lipinski definition) is 3. The van der Waals surface area contributed by atoms with Crippen molar-refractivity contribution < 1.29 is 19.5 Å². The molecule has 0 spiro atoms. The van der Waals surface area contributed by atoms with Gasteiger partial charge in [-0.05, 0) is 30.5 Å². The van der Waals surface area contributed by atoms with Crippen LogP contribution >= 0.6 is 0 Å². The van der Waals surface area contributed by atoms with Gasteiger partial charge >= 0.3 is 5.97 Å². The highest BCUT2D eigenvalue weighted by atomic mass is 16.4. The van der Waals surface area contributed by atoms with Gasteiger partial charge in [0.05, 0.1) is 6.42 Å². The van der Waals surface area contributed by atoms with E-state index >= 15 is 0 Å². The lowest BCUT2D eigenvalue weighted by Gasteiger charge is -2.07. The predicted molar refractivity (Wildman–Crippen MR) is 75.5 cm³/mol. The van der Waals surface area contributed by atoms with E-state index in [-0.39, 0.29) is 24.4 Å². The Bertz CT molecular complexity index is 555. The third-order valence-electron chi connectivity index (χ3n) is 2.93. The van der Waals surface area contributed by atoms with E-state index in [1.165, 1.54) is 13.0 Å². The van der Waals surface area contributed by atoms with Gasteiger partial charge in [0, 0.05) is 12.8 Å². The summed E-state index contributed by atoms with van der Waals surface area (Å²) in [5.41, 5.74) is 2.10. The third-order valence-corrected chi connectivity index (χ3v) is 2.93. The van der Waals surface area contributed by atoms with Crippen LogP contribution in [0.4, 0.5) is 0 Å². The summed E-state index contributed by atoms with van der Waals surface area (Å²) in [7, 11) is 0. The highest BCUT2D eigenvalue weighted by Crippen LogP contribution is 2.13. The molecule has 106 valence electrons. The number of carbonyl (C=O) groups excluding carboxylic acids is 2. The molecule has 0 amide bonds. The number of benzene rings is 1. The number of aliphatic carboxylic acids is 1. The number of hydrogen-bond donors (Lipinski definition) is 1. The summed E-state index contributed by atoms with van der Waals surface area (Å²) in [5, 5.41) is 8.58. The Morgan fingerprint density at radius 1 is 1.05 bits per heavy atom. The molecule has 1 N–H and O–H groups in total. The number of rotatable bonds is 7. The minimum absolute atomic E-state index is 0.0445. The molecule has 0 atom stereocenters. The minimum Gasteiger partial charge on any atom is -0.481 e. The second-order valence-corrected chi connectivity index (χ2v) is 4.73. The van der Waals surface area contributed by atoms with Crippen molar-refractivity contribution in [2.75, 3.05) is 0 Å². The Morgan fingerprint density at radius 3 is 2.10 bits per heavy atom. The van der Waals surface area contributed by atoms with E-state index in [0.29, 0.717) is 12.0 Å². The molecule has 0 unspecified atom stereocenters.